The Morgan fingerprint density at radius 2 is 1.57 bits per heavy atom. The fraction of sp³-hybridized carbons (Fsp3) is 0.759. The third kappa shape index (κ3) is 19.3. The SMILES string of the molecule is CC[C@H]1OC(=O)[C@H](C)[C@@H](O[C@H]2C[C@@](C)(OC)[C@@H](OC(=O)NCCOCCSc3ccc4c(c3)c(=O)c(C(=O)O)cn4N(C)C)[C@H](C)O2)[C@H](C)[C@@H](O[C@@H]2O[C@H](C)C[C@H](N(C)C)[C@H]2O)[C@](C)(O)C[C@@H](C)/C(=N\OCOC)[C@H](C)[C@@H](O)[C@]1(C)O.O=C(O)C(F)(F)F. The van der Waals surface area contributed by atoms with E-state index in [1.165, 1.54) is 39.1 Å². The van der Waals surface area contributed by atoms with Crippen LogP contribution < -0.4 is 15.8 Å². The molecule has 3 saturated heterocycles. The van der Waals surface area contributed by atoms with Crippen LogP contribution in [-0.4, -0.2) is 235 Å². The zero-order chi connectivity index (χ0) is 66.6. The number of aliphatic hydroxyl groups is 4. The number of alkyl halides is 3. The van der Waals surface area contributed by atoms with Gasteiger partial charge in [0.2, 0.25) is 12.2 Å². The van der Waals surface area contributed by atoms with Crippen molar-refractivity contribution in [3.8, 4) is 0 Å². The summed E-state index contributed by atoms with van der Waals surface area (Å²) in [7, 11) is 10.1. The number of esters is 1. The van der Waals surface area contributed by atoms with Crippen LogP contribution in [-0.2, 0) is 57.1 Å². The first kappa shape index (κ1) is 75.5. The number of aromatic nitrogens is 1. The number of nitrogens with zero attached hydrogens (tertiary/aromatic N) is 4. The lowest BCUT2D eigenvalue weighted by atomic mass is 9.73. The number of fused-ring (bicyclic) bond motifs is 1. The van der Waals surface area contributed by atoms with Crippen molar-refractivity contribution in [2.75, 3.05) is 79.7 Å². The Labute approximate surface area is 515 Å². The number of carboxylic acid groups (broad SMARTS) is 2. The van der Waals surface area contributed by atoms with Crippen molar-refractivity contribution in [1.82, 2.24) is 14.9 Å². The van der Waals surface area contributed by atoms with Crippen LogP contribution in [0.25, 0.3) is 10.9 Å². The van der Waals surface area contributed by atoms with Crippen LogP contribution in [0.15, 0.2) is 39.2 Å². The number of amides is 1. The number of carbonyl (C=O) groups excluding carboxylic acids is 2. The molecule has 0 unspecified atom stereocenters. The predicted molar refractivity (Wildman–Crippen MR) is 314 cm³/mol. The summed E-state index contributed by atoms with van der Waals surface area (Å²) in [5, 5.41) is 74.5. The highest BCUT2D eigenvalue weighted by molar-refractivity contribution is 7.99. The van der Waals surface area contributed by atoms with Gasteiger partial charge in [0.25, 0.3) is 0 Å². The number of benzene rings is 1. The van der Waals surface area contributed by atoms with E-state index in [4.69, 9.17) is 57.4 Å². The fourth-order valence-electron chi connectivity index (χ4n) is 11.5. The molecule has 502 valence electrons. The molecule has 0 bridgehead atoms. The minimum atomic E-state index is -5.08. The largest absolute Gasteiger partial charge is 0.490 e. The van der Waals surface area contributed by atoms with Crippen molar-refractivity contribution in [3.63, 3.8) is 0 Å². The van der Waals surface area contributed by atoms with E-state index in [0.717, 1.165) is 4.90 Å². The van der Waals surface area contributed by atoms with Crippen LogP contribution in [0.4, 0.5) is 18.0 Å². The van der Waals surface area contributed by atoms with E-state index in [-0.39, 0.29) is 68.0 Å². The van der Waals surface area contributed by atoms with E-state index in [1.807, 2.05) is 32.0 Å². The zero-order valence-corrected chi connectivity index (χ0v) is 53.8. The van der Waals surface area contributed by atoms with Crippen LogP contribution in [0.3, 0.4) is 0 Å². The van der Waals surface area contributed by atoms with Crippen LogP contribution in [0.5, 0.6) is 0 Å². The minimum Gasteiger partial charge on any atom is -0.477 e. The van der Waals surface area contributed by atoms with Crippen LogP contribution >= 0.6 is 11.8 Å². The highest BCUT2D eigenvalue weighted by Gasteiger charge is 2.54. The number of aliphatic carboxylic acids is 1. The molecule has 3 aliphatic heterocycles. The maximum Gasteiger partial charge on any atom is 0.490 e. The smallest absolute Gasteiger partial charge is 0.477 e. The third-order valence-electron chi connectivity index (χ3n) is 16.3. The summed E-state index contributed by atoms with van der Waals surface area (Å²) in [5.41, 5.74) is -5.15. The lowest BCUT2D eigenvalue weighted by Gasteiger charge is -2.49. The second kappa shape index (κ2) is 32.4. The Balaban J connectivity index is 0.00000222. The molecule has 26 nitrogen and oxygen atoms in total. The zero-order valence-electron chi connectivity index (χ0n) is 53.0. The van der Waals surface area contributed by atoms with Gasteiger partial charge in [0.05, 0.1) is 66.5 Å². The highest BCUT2D eigenvalue weighted by atomic mass is 32.2. The van der Waals surface area contributed by atoms with Crippen LogP contribution in [0.2, 0.25) is 0 Å². The van der Waals surface area contributed by atoms with Gasteiger partial charge in [0.1, 0.15) is 29.0 Å². The number of pyridine rings is 1. The number of oxime groups is 1. The van der Waals surface area contributed by atoms with Gasteiger partial charge in [-0.3, -0.25) is 14.3 Å². The maximum atomic E-state index is 14.6. The standard InChI is InChI=1S/C56H91N5O19S.C2HF3O2/c1-17-41-56(10,70)47(64)32(4)43(58-74-29-71-15)30(2)26-54(8,69)48(79-52-45(63)40(59(11)12)24-31(3)75-52)33(5)46(34(6)51(67)77-41)78-42-27-55(9,72-16)49(35(7)76-42)80-53(68)57-20-21-73-22-23-81-36-18-19-39-37(25-36)44(62)38(50(65)66)28-61(39)60(13)14;3-2(4,5)1(6)7/h18-19,25,28,30-35,40-42,45-49,52,63-64,69-70H,17,20-24,26-27,29H2,1-16H3,(H,57,68)(H,65,66);(H,6,7)/b58-43+;/t30-,31-,32+,33+,34-,35+,40+,41-,42+,45-,46+,47-,48-,49+,52+,54-,55-,56-;/m1./s1. The summed E-state index contributed by atoms with van der Waals surface area (Å²) >= 11 is 1.42. The van der Waals surface area contributed by atoms with E-state index in [9.17, 15) is 57.9 Å². The van der Waals surface area contributed by atoms with Crippen molar-refractivity contribution in [1.29, 1.82) is 0 Å². The molecule has 5 rings (SSSR count). The van der Waals surface area contributed by atoms with Gasteiger partial charge >= 0.3 is 30.2 Å². The Hall–Kier alpha value is -4.96. The molecule has 3 aliphatic rings. The number of likely N-dealkylation sites (N-methyl/N-ethyl adjacent to an activating group) is 1. The second-order valence-electron chi connectivity index (χ2n) is 23.7. The average molecular weight is 1280 g/mol. The van der Waals surface area contributed by atoms with E-state index >= 15 is 0 Å². The molecule has 1 aromatic heterocycles. The minimum absolute atomic E-state index is 0.0234. The van der Waals surface area contributed by atoms with Crippen LogP contribution in [0, 0.1) is 23.7 Å². The van der Waals surface area contributed by atoms with Gasteiger partial charge in [-0.25, -0.2) is 14.4 Å². The van der Waals surface area contributed by atoms with Gasteiger partial charge in [-0.2, -0.15) is 13.2 Å². The molecule has 18 atom stereocenters. The van der Waals surface area contributed by atoms with Crippen molar-refractivity contribution in [2.45, 2.75) is 190 Å². The fourth-order valence-corrected chi connectivity index (χ4v) is 12.3. The topological polar surface area (TPSA) is 335 Å². The first-order valence-corrected chi connectivity index (χ1v) is 30.0. The summed E-state index contributed by atoms with van der Waals surface area (Å²) in [4.78, 5) is 69.9. The molecule has 30 heteroatoms. The molecule has 88 heavy (non-hydrogen) atoms. The number of thioether (sulfide) groups is 1. The van der Waals surface area contributed by atoms with Crippen molar-refractivity contribution in [2.24, 2.45) is 28.8 Å². The Kier molecular flexibility index (Phi) is 27.8. The maximum absolute atomic E-state index is 14.6. The van der Waals surface area contributed by atoms with Crippen molar-refractivity contribution in [3.05, 3.63) is 40.2 Å². The molecule has 4 heterocycles. The lowest BCUT2D eigenvalue weighted by molar-refractivity contribution is -0.317. The van der Waals surface area contributed by atoms with Gasteiger partial charge in [-0.1, -0.05) is 32.9 Å². The molecule has 2 aromatic rings. The van der Waals surface area contributed by atoms with E-state index in [0.29, 0.717) is 24.3 Å². The molecular weight excluding hydrogens is 1190 g/mol. The summed E-state index contributed by atoms with van der Waals surface area (Å²) < 4.78 is 88.8. The molecule has 1 amide bonds. The number of carboxylic acids is 2. The molecular formula is C58H92F3N5O21S. The Bertz CT molecular complexity index is 2720. The summed E-state index contributed by atoms with van der Waals surface area (Å²) in [6.07, 6.45) is -15.0. The van der Waals surface area contributed by atoms with Gasteiger partial charge in [0.15, 0.2) is 18.7 Å². The normalized spacial score (nSPS) is 34.0. The number of aromatic carboxylic acids is 1. The highest BCUT2D eigenvalue weighted by Crippen LogP contribution is 2.42. The molecule has 0 aliphatic carbocycles. The molecule has 0 radical (unpaired) electrons. The summed E-state index contributed by atoms with van der Waals surface area (Å²) in [6, 6.07) is 4.90. The lowest BCUT2D eigenvalue weighted by Crippen LogP contribution is -2.61. The number of nitrogens with one attached hydrogen (secondary N) is 1. The predicted octanol–water partition coefficient (Wildman–Crippen LogP) is 4.58. The molecule has 7 N–H and O–H groups in total. The number of aliphatic hydroxyl groups excluding tert-OH is 2. The Morgan fingerprint density at radius 3 is 2.14 bits per heavy atom. The first-order chi connectivity index (χ1) is 40.9. The number of cyclic esters (lactones) is 1. The summed E-state index contributed by atoms with van der Waals surface area (Å²) in [6.45, 7) is 17.1. The second-order valence-corrected chi connectivity index (χ2v) is 24.9. The van der Waals surface area contributed by atoms with Crippen molar-refractivity contribution >= 4 is 52.4 Å². The Morgan fingerprint density at radius 1 is 0.920 bits per heavy atom. The number of ether oxygens (including phenoxy) is 9. The van der Waals surface area contributed by atoms with Gasteiger partial charge < -0.3 is 93.3 Å². The molecule has 1 aromatic carbocycles. The van der Waals surface area contributed by atoms with Gasteiger partial charge in [-0.15, -0.1) is 11.8 Å². The number of hydrogen-bond acceptors (Lipinski definition) is 23. The monoisotopic (exact) mass is 1280 g/mol. The van der Waals surface area contributed by atoms with Crippen LogP contribution in [0.1, 0.15) is 105 Å². The van der Waals surface area contributed by atoms with Crippen molar-refractivity contribution < 1.29 is 110 Å². The number of halogens is 3. The number of methoxy groups -OCH3 is 2. The molecule has 3 fully saturated rings. The number of hydrogen-bond donors (Lipinski definition) is 7. The number of rotatable bonds is 20. The molecule has 0 spiro atoms. The van der Waals surface area contributed by atoms with E-state index in [1.54, 1.807) is 91.3 Å². The quantitative estimate of drug-likeness (QED) is 0.0314. The van der Waals surface area contributed by atoms with Gasteiger partial charge in [-0.05, 0) is 93.1 Å². The third-order valence-corrected chi connectivity index (χ3v) is 17.2. The van der Waals surface area contributed by atoms with E-state index in [2.05, 4.69) is 10.5 Å². The van der Waals surface area contributed by atoms with Gasteiger partial charge in [0, 0.05) is 87.3 Å². The summed E-state index contributed by atoms with van der Waals surface area (Å²) in [5.74, 6) is -8.02. The number of carbonyl (C=O) groups is 4. The van der Waals surface area contributed by atoms with E-state index < -0.39 is 131 Å². The average Bonchev–Trinajstić information content (AvgIpc) is 1.56. The number of alkyl carbamates (subject to hydrolysis) is 1. The first-order valence-electron chi connectivity index (χ1n) is 29.0. The molecule has 0 saturated carbocycles.